The zero-order valence-corrected chi connectivity index (χ0v) is 5.03. The fraction of sp³-hybridized carbons (Fsp3) is 0.667. The van der Waals surface area contributed by atoms with Crippen LogP contribution < -0.4 is 11.6 Å². The summed E-state index contributed by atoms with van der Waals surface area (Å²) in [4.78, 5) is 0. The van der Waals surface area contributed by atoms with E-state index in [4.69, 9.17) is 11.6 Å². The highest BCUT2D eigenvalue weighted by atomic mass is 32.2. The number of hydrogen-bond acceptors (Lipinski definition) is 3. The van der Waals surface area contributed by atoms with Gasteiger partial charge in [-0.2, -0.15) is 16.9 Å². The van der Waals surface area contributed by atoms with Crippen LogP contribution in [0, 0.1) is 0 Å². The van der Waals surface area contributed by atoms with Crippen LogP contribution in [0.25, 0.3) is 0 Å². The molecule has 0 aromatic rings. The SMILES string of the molecule is CSCC(N)=NN. The zero-order valence-electron chi connectivity index (χ0n) is 4.22. The minimum absolute atomic E-state index is 0.493. The van der Waals surface area contributed by atoms with Crippen LogP contribution in [-0.2, 0) is 0 Å². The summed E-state index contributed by atoms with van der Waals surface area (Å²) in [5.41, 5.74) is 5.19. The molecule has 0 atom stereocenters. The van der Waals surface area contributed by atoms with Gasteiger partial charge in [0.2, 0.25) is 0 Å². The molecule has 4 N–H and O–H groups in total. The van der Waals surface area contributed by atoms with Gasteiger partial charge in [-0.1, -0.05) is 0 Å². The van der Waals surface area contributed by atoms with Gasteiger partial charge in [0.05, 0.1) is 5.75 Å². The normalized spacial score (nSPS) is 11.9. The smallest absolute Gasteiger partial charge is 0.129 e. The van der Waals surface area contributed by atoms with Gasteiger partial charge in [-0.15, -0.1) is 0 Å². The second kappa shape index (κ2) is 3.80. The first-order valence-corrected chi connectivity index (χ1v) is 3.21. The summed E-state index contributed by atoms with van der Waals surface area (Å²) in [6.07, 6.45) is 1.94. The molecule has 4 heteroatoms. The maximum atomic E-state index is 5.19. The van der Waals surface area contributed by atoms with Crippen molar-refractivity contribution < 1.29 is 0 Å². The highest BCUT2D eigenvalue weighted by Crippen LogP contribution is 1.87. The first-order chi connectivity index (χ1) is 3.31. The van der Waals surface area contributed by atoms with E-state index >= 15 is 0 Å². The van der Waals surface area contributed by atoms with Crippen molar-refractivity contribution in [2.75, 3.05) is 12.0 Å². The highest BCUT2D eigenvalue weighted by Gasteiger charge is 1.83. The monoisotopic (exact) mass is 119 g/mol. The Balaban J connectivity index is 3.17. The van der Waals surface area contributed by atoms with Crippen LogP contribution in [0.4, 0.5) is 0 Å². The van der Waals surface area contributed by atoms with Crippen molar-refractivity contribution >= 4 is 17.6 Å². The third kappa shape index (κ3) is 3.45. The quantitative estimate of drug-likeness (QED) is 0.224. The average Bonchev–Trinajstić information content (AvgIpc) is 1.68. The lowest BCUT2D eigenvalue weighted by Crippen LogP contribution is -2.16. The predicted octanol–water partition coefficient (Wildman–Crippen LogP) is -0.420. The minimum atomic E-state index is 0.493. The summed E-state index contributed by atoms with van der Waals surface area (Å²) >= 11 is 1.60. The molecule has 7 heavy (non-hydrogen) atoms. The van der Waals surface area contributed by atoms with Gasteiger partial charge in [0, 0.05) is 0 Å². The van der Waals surface area contributed by atoms with Crippen molar-refractivity contribution in [2.45, 2.75) is 0 Å². The van der Waals surface area contributed by atoms with Gasteiger partial charge in [0.25, 0.3) is 0 Å². The topological polar surface area (TPSA) is 64.4 Å². The van der Waals surface area contributed by atoms with Gasteiger partial charge in [-0.25, -0.2) is 0 Å². The third-order valence-electron chi connectivity index (χ3n) is 0.458. The minimum Gasteiger partial charge on any atom is -0.385 e. The summed E-state index contributed by atoms with van der Waals surface area (Å²) in [5.74, 6) is 6.02. The zero-order chi connectivity index (χ0) is 5.70. The lowest BCUT2D eigenvalue weighted by molar-refractivity contribution is 1.22. The molecule has 0 aromatic heterocycles. The van der Waals surface area contributed by atoms with Gasteiger partial charge in [-0.3, -0.25) is 0 Å². The van der Waals surface area contributed by atoms with E-state index in [-0.39, 0.29) is 0 Å². The van der Waals surface area contributed by atoms with Crippen molar-refractivity contribution in [3.8, 4) is 0 Å². The molecule has 0 radical (unpaired) electrons. The van der Waals surface area contributed by atoms with Gasteiger partial charge < -0.3 is 11.6 Å². The molecule has 0 saturated carbocycles. The Hall–Kier alpha value is -0.380. The van der Waals surface area contributed by atoms with E-state index in [1.165, 1.54) is 0 Å². The maximum Gasteiger partial charge on any atom is 0.129 e. The van der Waals surface area contributed by atoms with Crippen molar-refractivity contribution in [2.24, 2.45) is 16.7 Å². The second-order valence-corrected chi connectivity index (χ2v) is 1.92. The molecule has 0 spiro atoms. The first kappa shape index (κ1) is 6.62. The van der Waals surface area contributed by atoms with E-state index in [0.717, 1.165) is 5.75 Å². The fourth-order valence-electron chi connectivity index (χ4n) is 0.185. The molecular weight excluding hydrogens is 110 g/mol. The van der Waals surface area contributed by atoms with Gasteiger partial charge in [0.1, 0.15) is 5.84 Å². The van der Waals surface area contributed by atoms with Crippen molar-refractivity contribution in [1.29, 1.82) is 0 Å². The van der Waals surface area contributed by atoms with Crippen molar-refractivity contribution in [3.05, 3.63) is 0 Å². The molecule has 3 nitrogen and oxygen atoms in total. The molecule has 0 saturated heterocycles. The largest absolute Gasteiger partial charge is 0.385 e. The molecule has 0 amide bonds. The van der Waals surface area contributed by atoms with Crippen LogP contribution in [0.2, 0.25) is 0 Å². The number of nitrogens with zero attached hydrogens (tertiary/aromatic N) is 1. The number of hydrazone groups is 1. The Morgan fingerprint density at radius 2 is 2.43 bits per heavy atom. The van der Waals surface area contributed by atoms with E-state index in [1.807, 2.05) is 6.26 Å². The summed E-state index contributed by atoms with van der Waals surface area (Å²) < 4.78 is 0. The van der Waals surface area contributed by atoms with Crippen LogP contribution in [0.1, 0.15) is 0 Å². The van der Waals surface area contributed by atoms with Crippen LogP contribution in [0.15, 0.2) is 5.10 Å². The van der Waals surface area contributed by atoms with E-state index < -0.39 is 0 Å². The molecule has 0 heterocycles. The number of thioether (sulfide) groups is 1. The standard InChI is InChI=1S/C3H9N3S/c1-7-2-3(4)6-5/h2,5H2,1H3,(H2,4,6). The molecule has 0 aliphatic rings. The van der Waals surface area contributed by atoms with Crippen LogP contribution in [-0.4, -0.2) is 17.8 Å². The molecule has 0 rings (SSSR count). The maximum absolute atomic E-state index is 5.19. The van der Waals surface area contributed by atoms with Crippen molar-refractivity contribution in [1.82, 2.24) is 0 Å². The van der Waals surface area contributed by atoms with E-state index in [9.17, 15) is 0 Å². The Kier molecular flexibility index (Phi) is 3.59. The number of amidine groups is 1. The molecule has 42 valence electrons. The fourth-order valence-corrected chi connectivity index (χ4v) is 0.555. The summed E-state index contributed by atoms with van der Waals surface area (Å²) in [7, 11) is 0. The van der Waals surface area contributed by atoms with Gasteiger partial charge >= 0.3 is 0 Å². The summed E-state index contributed by atoms with van der Waals surface area (Å²) in [5, 5.41) is 3.25. The van der Waals surface area contributed by atoms with E-state index in [1.54, 1.807) is 11.8 Å². The highest BCUT2D eigenvalue weighted by molar-refractivity contribution is 7.99. The molecule has 0 aliphatic heterocycles. The lowest BCUT2D eigenvalue weighted by atomic mass is 10.7. The second-order valence-electron chi connectivity index (χ2n) is 1.05. The molecule has 0 aromatic carbocycles. The third-order valence-corrected chi connectivity index (χ3v) is 1.04. The lowest BCUT2D eigenvalue weighted by Gasteiger charge is -1.89. The first-order valence-electron chi connectivity index (χ1n) is 1.82. The predicted molar refractivity (Wildman–Crippen MR) is 34.2 cm³/mol. The van der Waals surface area contributed by atoms with E-state index in [2.05, 4.69) is 5.10 Å². The Morgan fingerprint density at radius 1 is 1.86 bits per heavy atom. The Labute approximate surface area is 47.1 Å². The van der Waals surface area contributed by atoms with Crippen LogP contribution in [0.5, 0.6) is 0 Å². The molecule has 0 fully saturated rings. The number of nitrogens with two attached hydrogens (primary N) is 2. The molecule has 0 unspecified atom stereocenters. The van der Waals surface area contributed by atoms with Crippen molar-refractivity contribution in [3.63, 3.8) is 0 Å². The van der Waals surface area contributed by atoms with Crippen LogP contribution in [0.3, 0.4) is 0 Å². The Morgan fingerprint density at radius 3 is 2.57 bits per heavy atom. The van der Waals surface area contributed by atoms with Crippen LogP contribution >= 0.6 is 11.8 Å². The van der Waals surface area contributed by atoms with Gasteiger partial charge in [-0.05, 0) is 6.26 Å². The van der Waals surface area contributed by atoms with Gasteiger partial charge in [0.15, 0.2) is 0 Å². The molecule has 0 aliphatic carbocycles. The summed E-state index contributed by atoms with van der Waals surface area (Å²) in [6.45, 7) is 0. The summed E-state index contributed by atoms with van der Waals surface area (Å²) in [6, 6.07) is 0. The average molecular weight is 119 g/mol. The molecule has 0 bridgehead atoms. The van der Waals surface area contributed by atoms with E-state index in [0.29, 0.717) is 5.84 Å². The number of hydrogen-bond donors (Lipinski definition) is 2. The molecular formula is C3H9N3S. The number of rotatable bonds is 2. The Bertz CT molecular complexity index is 70.6.